The van der Waals surface area contributed by atoms with E-state index < -0.39 is 46.4 Å². The zero-order chi connectivity index (χ0) is 18.5. The Hall–Kier alpha value is -3.09. The first-order chi connectivity index (χ1) is 11.1. The Kier molecular flexibility index (Phi) is 5.89. The summed E-state index contributed by atoms with van der Waals surface area (Å²) in [6.45, 7) is 0. The van der Waals surface area contributed by atoms with E-state index in [4.69, 9.17) is 5.26 Å². The molecule has 0 aliphatic heterocycles. The highest BCUT2D eigenvalue weighted by molar-refractivity contribution is 5.99. The van der Waals surface area contributed by atoms with Gasteiger partial charge in [-0.2, -0.15) is 18.4 Å². The molecular weight excluding hydrogens is 336 g/mol. The molecule has 1 aromatic rings. The molecule has 0 saturated carbocycles. The Morgan fingerprint density at radius 3 is 2.33 bits per heavy atom. The fourth-order valence-corrected chi connectivity index (χ4v) is 1.58. The summed E-state index contributed by atoms with van der Waals surface area (Å²) in [5, 5.41) is 10.9. The van der Waals surface area contributed by atoms with Gasteiger partial charge in [-0.3, -0.25) is 0 Å². The number of rotatable bonds is 4. The maximum absolute atomic E-state index is 14.1. The number of carbonyl (C=O) groups excluding carboxylic acids is 2. The van der Waals surface area contributed by atoms with E-state index in [1.807, 2.05) is 5.32 Å². The molecule has 128 valence electrons. The monoisotopic (exact) mass is 346 g/mol. The minimum atomic E-state index is -5.02. The number of ether oxygens (including phenoxy) is 2. The predicted octanol–water partition coefficient (Wildman–Crippen LogP) is 2.36. The molecule has 0 atom stereocenters. The van der Waals surface area contributed by atoms with Crippen molar-refractivity contribution in [2.45, 2.75) is 6.18 Å². The number of nitrogens with zero attached hydrogens (tertiary/aromatic N) is 1. The van der Waals surface area contributed by atoms with Gasteiger partial charge in [0.15, 0.2) is 5.82 Å². The smallest absolute Gasteiger partial charge is 0.419 e. The van der Waals surface area contributed by atoms with E-state index in [-0.39, 0.29) is 0 Å². The number of anilines is 1. The molecule has 6 nitrogen and oxygen atoms in total. The zero-order valence-corrected chi connectivity index (χ0v) is 12.3. The van der Waals surface area contributed by atoms with Crippen LogP contribution in [0.4, 0.5) is 23.2 Å². The summed E-state index contributed by atoms with van der Waals surface area (Å²) in [4.78, 5) is 22.8. The predicted molar refractivity (Wildman–Crippen MR) is 71.9 cm³/mol. The average molecular weight is 346 g/mol. The molecular formula is C14H10F4N2O4. The molecule has 0 spiro atoms. The normalized spacial score (nSPS) is 11.5. The van der Waals surface area contributed by atoms with Gasteiger partial charge in [0.05, 0.1) is 37.1 Å². The Labute approximate surface area is 133 Å². The number of hydrogen-bond donors (Lipinski definition) is 1. The van der Waals surface area contributed by atoms with Crippen LogP contribution in [0.5, 0.6) is 0 Å². The summed E-state index contributed by atoms with van der Waals surface area (Å²) >= 11 is 0. The number of benzene rings is 1. The van der Waals surface area contributed by atoms with Crippen LogP contribution < -0.4 is 5.32 Å². The molecule has 1 rings (SSSR count). The van der Waals surface area contributed by atoms with Gasteiger partial charge in [-0.25, -0.2) is 14.0 Å². The summed E-state index contributed by atoms with van der Waals surface area (Å²) in [7, 11) is 1.92. The first-order valence-corrected chi connectivity index (χ1v) is 6.10. The third-order valence-electron chi connectivity index (χ3n) is 2.70. The number of halogens is 4. The maximum atomic E-state index is 14.1. The summed E-state index contributed by atoms with van der Waals surface area (Å²) in [5.41, 5.74) is -3.79. The molecule has 1 aromatic carbocycles. The highest BCUT2D eigenvalue weighted by Crippen LogP contribution is 2.35. The van der Waals surface area contributed by atoms with E-state index in [9.17, 15) is 27.2 Å². The number of methoxy groups -OCH3 is 2. The molecule has 0 amide bonds. The van der Waals surface area contributed by atoms with Crippen LogP contribution in [-0.2, 0) is 25.2 Å². The molecule has 0 aliphatic rings. The number of nitriles is 1. The molecule has 1 N–H and O–H groups in total. The molecule has 0 radical (unpaired) electrons. The van der Waals surface area contributed by atoms with E-state index in [0.717, 1.165) is 20.3 Å². The van der Waals surface area contributed by atoms with Crippen LogP contribution in [0.1, 0.15) is 11.1 Å². The summed E-state index contributed by atoms with van der Waals surface area (Å²) in [5.74, 6) is -4.03. The largest absolute Gasteiger partial charge is 0.466 e. The molecule has 10 heteroatoms. The van der Waals surface area contributed by atoms with Gasteiger partial charge in [-0.05, 0) is 12.1 Å². The quantitative estimate of drug-likeness (QED) is 0.511. The van der Waals surface area contributed by atoms with Crippen molar-refractivity contribution in [3.8, 4) is 6.07 Å². The second-order valence-corrected chi connectivity index (χ2v) is 4.16. The van der Waals surface area contributed by atoms with Crippen LogP contribution in [0.15, 0.2) is 23.9 Å². The van der Waals surface area contributed by atoms with Gasteiger partial charge in [0.1, 0.15) is 11.8 Å². The number of carbonyl (C=O) groups is 2. The van der Waals surface area contributed by atoms with Crippen molar-refractivity contribution >= 4 is 17.6 Å². The van der Waals surface area contributed by atoms with Gasteiger partial charge < -0.3 is 14.8 Å². The van der Waals surface area contributed by atoms with Crippen LogP contribution in [0.2, 0.25) is 0 Å². The third-order valence-corrected chi connectivity index (χ3v) is 2.70. The fraction of sp³-hybridized carbons (Fsp3) is 0.214. The first-order valence-electron chi connectivity index (χ1n) is 6.10. The molecule has 0 aromatic heterocycles. The van der Waals surface area contributed by atoms with Gasteiger partial charge in [-0.1, -0.05) is 0 Å². The van der Waals surface area contributed by atoms with Gasteiger partial charge >= 0.3 is 18.1 Å². The second kappa shape index (κ2) is 7.45. The van der Waals surface area contributed by atoms with Crippen LogP contribution in [0.3, 0.4) is 0 Å². The lowest BCUT2D eigenvalue weighted by Crippen LogP contribution is -2.18. The van der Waals surface area contributed by atoms with Gasteiger partial charge in [0.2, 0.25) is 0 Å². The highest BCUT2D eigenvalue weighted by atomic mass is 19.4. The van der Waals surface area contributed by atoms with Gasteiger partial charge in [0.25, 0.3) is 0 Å². The lowest BCUT2D eigenvalue weighted by atomic mass is 10.1. The third kappa shape index (κ3) is 4.22. The fourth-order valence-electron chi connectivity index (χ4n) is 1.58. The van der Waals surface area contributed by atoms with Crippen LogP contribution in [0.25, 0.3) is 0 Å². The molecule has 0 bridgehead atoms. The Bertz CT molecular complexity index is 736. The number of alkyl halides is 3. The SMILES string of the molecule is COC(=O)/C=C(/Nc1c(C#N)ccc(C(F)(F)F)c1F)C(=O)OC. The molecule has 0 unspecified atom stereocenters. The Morgan fingerprint density at radius 1 is 1.25 bits per heavy atom. The summed E-state index contributed by atoms with van der Waals surface area (Å²) in [6.07, 6.45) is -4.47. The highest BCUT2D eigenvalue weighted by Gasteiger charge is 2.36. The molecule has 0 saturated heterocycles. The lowest BCUT2D eigenvalue weighted by molar-refractivity contribution is -0.140. The van der Waals surface area contributed by atoms with Crippen molar-refractivity contribution in [3.05, 3.63) is 40.8 Å². The number of hydrogen-bond acceptors (Lipinski definition) is 6. The van der Waals surface area contributed by atoms with Crippen LogP contribution in [0, 0.1) is 17.1 Å². The van der Waals surface area contributed by atoms with Crippen LogP contribution >= 0.6 is 0 Å². The minimum absolute atomic E-state index is 0.390. The van der Waals surface area contributed by atoms with Crippen molar-refractivity contribution in [1.29, 1.82) is 5.26 Å². The second-order valence-electron chi connectivity index (χ2n) is 4.16. The van der Waals surface area contributed by atoms with E-state index >= 15 is 0 Å². The average Bonchev–Trinajstić information content (AvgIpc) is 2.53. The minimum Gasteiger partial charge on any atom is -0.466 e. The lowest BCUT2D eigenvalue weighted by Gasteiger charge is -2.15. The summed E-state index contributed by atoms with van der Waals surface area (Å²) in [6, 6.07) is 2.59. The van der Waals surface area contributed by atoms with Crippen molar-refractivity contribution in [2.75, 3.05) is 19.5 Å². The first kappa shape index (κ1) is 19.0. The van der Waals surface area contributed by atoms with Crippen molar-refractivity contribution in [1.82, 2.24) is 0 Å². The van der Waals surface area contributed by atoms with E-state index in [0.29, 0.717) is 12.1 Å². The van der Waals surface area contributed by atoms with E-state index in [1.165, 1.54) is 6.07 Å². The number of nitrogens with one attached hydrogen (secondary N) is 1. The van der Waals surface area contributed by atoms with Crippen molar-refractivity contribution in [2.24, 2.45) is 0 Å². The van der Waals surface area contributed by atoms with Crippen molar-refractivity contribution < 1.29 is 36.6 Å². The zero-order valence-electron chi connectivity index (χ0n) is 12.3. The maximum Gasteiger partial charge on any atom is 0.419 e. The van der Waals surface area contributed by atoms with E-state index in [2.05, 4.69) is 9.47 Å². The van der Waals surface area contributed by atoms with Gasteiger partial charge in [0, 0.05) is 0 Å². The topological polar surface area (TPSA) is 88.4 Å². The van der Waals surface area contributed by atoms with Gasteiger partial charge in [-0.15, -0.1) is 0 Å². The molecule has 0 aliphatic carbocycles. The molecule has 0 heterocycles. The number of esters is 2. The Morgan fingerprint density at radius 2 is 1.88 bits per heavy atom. The van der Waals surface area contributed by atoms with Crippen LogP contribution in [-0.4, -0.2) is 26.2 Å². The van der Waals surface area contributed by atoms with E-state index in [1.54, 1.807) is 0 Å². The standard InChI is InChI=1S/C14H10F4N2O4/c1-23-10(21)5-9(13(22)24-2)20-12-7(6-19)3-4-8(11(12)15)14(16,17)18/h3-5,20H,1-2H3/b9-5+. The van der Waals surface area contributed by atoms with Crippen molar-refractivity contribution in [3.63, 3.8) is 0 Å². The molecule has 0 fully saturated rings. The summed E-state index contributed by atoms with van der Waals surface area (Å²) < 4.78 is 61.0. The Balaban J connectivity index is 3.48. The molecule has 24 heavy (non-hydrogen) atoms.